The van der Waals surface area contributed by atoms with Gasteiger partial charge in [-0.05, 0) is 24.1 Å². The lowest BCUT2D eigenvalue weighted by atomic mass is 10.1. The first-order valence-electron chi connectivity index (χ1n) is 5.40. The van der Waals surface area contributed by atoms with E-state index in [2.05, 4.69) is 39.7 Å². The molecular weight excluding hydrogens is 218 g/mol. The fraction of sp³-hybridized carbons (Fsp3) is 0.333. The molecule has 1 N–H and O–H groups in total. The van der Waals surface area contributed by atoms with Gasteiger partial charge in [-0.1, -0.05) is 6.92 Å². The molecule has 0 amide bonds. The van der Waals surface area contributed by atoms with Crippen molar-refractivity contribution in [1.29, 1.82) is 0 Å². The molecule has 84 valence electrons. The number of pyridine rings is 1. The van der Waals surface area contributed by atoms with E-state index in [4.69, 9.17) is 0 Å². The average molecular weight is 233 g/mol. The minimum absolute atomic E-state index is 0.379. The highest BCUT2D eigenvalue weighted by atomic mass is 32.1. The fourth-order valence-corrected chi connectivity index (χ4v) is 2.20. The molecule has 16 heavy (non-hydrogen) atoms. The Morgan fingerprint density at radius 1 is 1.38 bits per heavy atom. The largest absolute Gasteiger partial charge is 0.304 e. The summed E-state index contributed by atoms with van der Waals surface area (Å²) in [7, 11) is 0. The summed E-state index contributed by atoms with van der Waals surface area (Å²) in [5.41, 5.74) is 4.26. The first-order chi connectivity index (χ1) is 7.90. The summed E-state index contributed by atoms with van der Waals surface area (Å²) in [6, 6.07) is 4.49. The monoisotopic (exact) mass is 233 g/mol. The lowest BCUT2D eigenvalue weighted by Crippen LogP contribution is -2.20. The predicted octanol–water partition coefficient (Wildman–Crippen LogP) is 2.78. The Hall–Kier alpha value is -1.26. The Morgan fingerprint density at radius 2 is 2.19 bits per heavy atom. The fourth-order valence-electron chi connectivity index (χ4n) is 1.65. The molecule has 0 aliphatic rings. The van der Waals surface area contributed by atoms with E-state index in [1.165, 1.54) is 5.56 Å². The van der Waals surface area contributed by atoms with Gasteiger partial charge in [-0.2, -0.15) is 0 Å². The van der Waals surface area contributed by atoms with Crippen LogP contribution in [0.5, 0.6) is 0 Å². The summed E-state index contributed by atoms with van der Waals surface area (Å²) in [4.78, 5) is 8.29. The SMILES string of the molecule is CCC(NCc1cscn1)c1ccncc1. The average Bonchev–Trinajstić information content (AvgIpc) is 2.84. The molecule has 3 nitrogen and oxygen atoms in total. The van der Waals surface area contributed by atoms with Crippen molar-refractivity contribution in [2.45, 2.75) is 25.9 Å². The molecule has 0 fully saturated rings. The molecule has 0 radical (unpaired) electrons. The van der Waals surface area contributed by atoms with Crippen LogP contribution in [0.4, 0.5) is 0 Å². The summed E-state index contributed by atoms with van der Waals surface area (Å²) in [5.74, 6) is 0. The molecule has 4 heteroatoms. The van der Waals surface area contributed by atoms with Crippen molar-refractivity contribution in [1.82, 2.24) is 15.3 Å². The second kappa shape index (κ2) is 5.72. The van der Waals surface area contributed by atoms with E-state index in [9.17, 15) is 0 Å². The molecule has 2 rings (SSSR count). The van der Waals surface area contributed by atoms with E-state index in [0.29, 0.717) is 6.04 Å². The summed E-state index contributed by atoms with van der Waals surface area (Å²) < 4.78 is 0. The smallest absolute Gasteiger partial charge is 0.0795 e. The number of aromatic nitrogens is 2. The lowest BCUT2D eigenvalue weighted by molar-refractivity contribution is 0.515. The predicted molar refractivity (Wildman–Crippen MR) is 66.2 cm³/mol. The van der Waals surface area contributed by atoms with E-state index in [1.807, 2.05) is 17.9 Å². The van der Waals surface area contributed by atoms with E-state index in [-0.39, 0.29) is 0 Å². The Labute approximate surface area is 99.6 Å². The minimum Gasteiger partial charge on any atom is -0.304 e. The minimum atomic E-state index is 0.379. The van der Waals surface area contributed by atoms with Crippen LogP contribution in [0, 0.1) is 0 Å². The van der Waals surface area contributed by atoms with Crippen molar-refractivity contribution in [3.63, 3.8) is 0 Å². The molecule has 0 aliphatic carbocycles. The van der Waals surface area contributed by atoms with Crippen molar-refractivity contribution in [2.24, 2.45) is 0 Å². The zero-order valence-electron chi connectivity index (χ0n) is 9.26. The van der Waals surface area contributed by atoms with Crippen LogP contribution < -0.4 is 5.32 Å². The Morgan fingerprint density at radius 3 is 2.81 bits per heavy atom. The molecule has 2 heterocycles. The number of nitrogens with one attached hydrogen (secondary N) is 1. The zero-order valence-corrected chi connectivity index (χ0v) is 10.1. The topological polar surface area (TPSA) is 37.8 Å². The highest BCUT2D eigenvalue weighted by molar-refractivity contribution is 7.07. The number of hydrogen-bond acceptors (Lipinski definition) is 4. The number of hydrogen-bond donors (Lipinski definition) is 1. The molecule has 0 saturated heterocycles. The van der Waals surface area contributed by atoms with Crippen LogP contribution in [0.15, 0.2) is 35.4 Å². The second-order valence-corrected chi connectivity index (χ2v) is 4.32. The van der Waals surface area contributed by atoms with Crippen LogP contribution >= 0.6 is 11.3 Å². The van der Waals surface area contributed by atoms with Crippen molar-refractivity contribution in [3.8, 4) is 0 Å². The van der Waals surface area contributed by atoms with Crippen LogP contribution in [0.2, 0.25) is 0 Å². The molecule has 0 bridgehead atoms. The Kier molecular flexibility index (Phi) is 4.02. The van der Waals surface area contributed by atoms with Crippen molar-refractivity contribution < 1.29 is 0 Å². The van der Waals surface area contributed by atoms with Crippen LogP contribution in [-0.2, 0) is 6.54 Å². The van der Waals surface area contributed by atoms with Gasteiger partial charge < -0.3 is 5.32 Å². The maximum Gasteiger partial charge on any atom is 0.0795 e. The van der Waals surface area contributed by atoms with Crippen LogP contribution in [0.3, 0.4) is 0 Å². The van der Waals surface area contributed by atoms with Gasteiger partial charge in [-0.25, -0.2) is 4.98 Å². The molecule has 2 aromatic rings. The molecule has 0 aliphatic heterocycles. The molecular formula is C12H15N3S. The van der Waals surface area contributed by atoms with E-state index in [1.54, 1.807) is 11.3 Å². The standard InChI is InChI=1S/C12H15N3S/c1-2-12(10-3-5-13-6-4-10)14-7-11-8-16-9-15-11/h3-6,8-9,12,14H,2,7H2,1H3. The van der Waals surface area contributed by atoms with Crippen LogP contribution in [0.1, 0.15) is 30.6 Å². The van der Waals surface area contributed by atoms with Crippen LogP contribution in [0.25, 0.3) is 0 Å². The summed E-state index contributed by atoms with van der Waals surface area (Å²) in [6.07, 6.45) is 4.74. The van der Waals surface area contributed by atoms with Crippen LogP contribution in [-0.4, -0.2) is 9.97 Å². The number of rotatable bonds is 5. The highest BCUT2D eigenvalue weighted by Crippen LogP contribution is 2.15. The lowest BCUT2D eigenvalue weighted by Gasteiger charge is -2.16. The molecule has 0 aromatic carbocycles. The Balaban J connectivity index is 1.96. The summed E-state index contributed by atoms with van der Waals surface area (Å²) in [5, 5.41) is 5.58. The van der Waals surface area contributed by atoms with Gasteiger partial charge in [0.1, 0.15) is 0 Å². The van der Waals surface area contributed by atoms with Crippen molar-refractivity contribution in [3.05, 3.63) is 46.7 Å². The third-order valence-electron chi connectivity index (χ3n) is 2.53. The van der Waals surface area contributed by atoms with E-state index in [0.717, 1.165) is 18.7 Å². The summed E-state index contributed by atoms with van der Waals surface area (Å²) in [6.45, 7) is 3.00. The maximum absolute atomic E-state index is 4.26. The van der Waals surface area contributed by atoms with Gasteiger partial charge in [-0.15, -0.1) is 11.3 Å². The third kappa shape index (κ3) is 2.87. The van der Waals surface area contributed by atoms with Gasteiger partial charge in [0.2, 0.25) is 0 Å². The maximum atomic E-state index is 4.26. The van der Waals surface area contributed by atoms with E-state index >= 15 is 0 Å². The normalized spacial score (nSPS) is 12.6. The molecule has 1 atom stereocenters. The number of thiazole rings is 1. The van der Waals surface area contributed by atoms with Crippen molar-refractivity contribution >= 4 is 11.3 Å². The highest BCUT2D eigenvalue weighted by Gasteiger charge is 2.08. The molecule has 2 aromatic heterocycles. The first kappa shape index (κ1) is 11.2. The molecule has 1 unspecified atom stereocenters. The zero-order chi connectivity index (χ0) is 11.2. The van der Waals surface area contributed by atoms with E-state index < -0.39 is 0 Å². The van der Waals surface area contributed by atoms with Gasteiger partial charge in [-0.3, -0.25) is 4.98 Å². The Bertz CT molecular complexity index is 399. The molecule has 0 spiro atoms. The van der Waals surface area contributed by atoms with Gasteiger partial charge in [0.05, 0.1) is 11.2 Å². The number of nitrogens with zero attached hydrogens (tertiary/aromatic N) is 2. The first-order valence-corrected chi connectivity index (χ1v) is 6.34. The van der Waals surface area contributed by atoms with Crippen molar-refractivity contribution in [2.75, 3.05) is 0 Å². The summed E-state index contributed by atoms with van der Waals surface area (Å²) >= 11 is 1.63. The van der Waals surface area contributed by atoms with Gasteiger partial charge in [0.15, 0.2) is 0 Å². The van der Waals surface area contributed by atoms with Gasteiger partial charge in [0, 0.05) is 30.4 Å². The third-order valence-corrected chi connectivity index (χ3v) is 3.17. The van der Waals surface area contributed by atoms with Gasteiger partial charge >= 0.3 is 0 Å². The van der Waals surface area contributed by atoms with Gasteiger partial charge in [0.25, 0.3) is 0 Å². The molecule has 0 saturated carbocycles. The second-order valence-electron chi connectivity index (χ2n) is 3.60. The quantitative estimate of drug-likeness (QED) is 0.863.